The first-order valence-corrected chi connectivity index (χ1v) is 10.3. The summed E-state index contributed by atoms with van der Waals surface area (Å²) in [4.78, 5) is 11.1. The van der Waals surface area contributed by atoms with Crippen molar-refractivity contribution in [1.29, 1.82) is 0 Å². The van der Waals surface area contributed by atoms with Gasteiger partial charge in [-0.05, 0) is 28.3 Å². The van der Waals surface area contributed by atoms with Crippen LogP contribution in [-0.4, -0.2) is 15.0 Å². The van der Waals surface area contributed by atoms with Crippen molar-refractivity contribution in [3.05, 3.63) is 53.5 Å². The van der Waals surface area contributed by atoms with Gasteiger partial charge in [0.2, 0.25) is 0 Å². The number of pyridine rings is 3. The lowest BCUT2D eigenvalue weighted by atomic mass is 9.84. The van der Waals surface area contributed by atoms with Crippen molar-refractivity contribution >= 4 is 65.0 Å². The van der Waals surface area contributed by atoms with Gasteiger partial charge in [-0.25, -0.2) is 9.97 Å². The van der Waals surface area contributed by atoms with Gasteiger partial charge in [-0.3, -0.25) is 4.98 Å². The smallest absolute Gasteiger partial charge is 0.252 e. The number of rotatable bonds is 0. The Morgan fingerprint density at radius 1 is 0.528 bits per heavy atom. The van der Waals surface area contributed by atoms with Gasteiger partial charge in [-0.1, -0.05) is 18.2 Å². The summed E-state index contributed by atoms with van der Waals surface area (Å²) in [6.07, 6.45) is -14.0. The summed E-state index contributed by atoms with van der Waals surface area (Å²) in [5, 5.41) is -1.24. The number of aromatic nitrogens is 3. The minimum Gasteiger partial charge on any atom is -0.252 e. The van der Waals surface area contributed by atoms with E-state index in [9.17, 15) is 39.5 Å². The molecule has 0 atom stereocenters. The maximum atomic E-state index is 14.0. The van der Waals surface area contributed by atoms with Crippen molar-refractivity contribution in [2.45, 2.75) is 18.5 Å². The van der Waals surface area contributed by atoms with Gasteiger partial charge in [0, 0.05) is 32.3 Å². The van der Waals surface area contributed by atoms with Crippen LogP contribution in [0.3, 0.4) is 0 Å². The van der Waals surface area contributed by atoms with E-state index in [0.29, 0.717) is 0 Å². The van der Waals surface area contributed by atoms with Crippen LogP contribution < -0.4 is 0 Å². The third kappa shape index (κ3) is 2.48. The number of hydrogen-bond donors (Lipinski definition) is 0. The highest BCUT2D eigenvalue weighted by Crippen LogP contribution is 2.52. The number of hydrogen-bond acceptors (Lipinski definition) is 3. The molecule has 0 spiro atoms. The maximum Gasteiger partial charge on any atom is 0.435 e. The third-order valence-corrected chi connectivity index (χ3v) is 6.61. The molecule has 0 aliphatic carbocycles. The fourth-order valence-corrected chi connectivity index (χ4v) is 5.39. The topological polar surface area (TPSA) is 38.7 Å². The molecule has 3 aromatic heterocycles. The summed E-state index contributed by atoms with van der Waals surface area (Å²) >= 11 is 0. The van der Waals surface area contributed by atoms with Gasteiger partial charge < -0.3 is 0 Å². The predicted octanol–water partition coefficient (Wildman–Crippen LogP) is 8.16. The highest BCUT2D eigenvalue weighted by molar-refractivity contribution is 6.44. The van der Waals surface area contributed by atoms with Crippen molar-refractivity contribution in [2.75, 3.05) is 0 Å². The molecule has 0 aliphatic heterocycles. The van der Waals surface area contributed by atoms with E-state index < -0.39 is 46.4 Å². The molecule has 0 aliphatic rings. The predicted molar refractivity (Wildman–Crippen MR) is 113 cm³/mol. The third-order valence-electron chi connectivity index (χ3n) is 6.61. The molecule has 0 unspecified atom stereocenters. The zero-order chi connectivity index (χ0) is 25.5. The van der Waals surface area contributed by atoms with Crippen molar-refractivity contribution < 1.29 is 39.5 Å². The zero-order valence-corrected chi connectivity index (χ0v) is 17.2. The van der Waals surface area contributed by atoms with E-state index in [1.165, 1.54) is 0 Å². The second kappa shape index (κ2) is 6.05. The Morgan fingerprint density at radius 2 is 1.14 bits per heavy atom. The van der Waals surface area contributed by atoms with Crippen LogP contribution in [0.4, 0.5) is 39.5 Å². The first-order valence-electron chi connectivity index (χ1n) is 10.3. The van der Waals surface area contributed by atoms with Crippen LogP contribution in [0.25, 0.3) is 65.0 Å². The summed E-state index contributed by atoms with van der Waals surface area (Å²) < 4.78 is 126. The molecule has 0 saturated heterocycles. The molecule has 0 amide bonds. The summed E-state index contributed by atoms with van der Waals surface area (Å²) in [5.41, 5.74) is -4.99. The van der Waals surface area contributed by atoms with Crippen molar-refractivity contribution in [1.82, 2.24) is 15.0 Å². The average Bonchev–Trinajstić information content (AvgIpc) is 2.79. The molecule has 12 heteroatoms. The summed E-state index contributed by atoms with van der Waals surface area (Å²) in [5.74, 6) is 0. The Bertz CT molecular complexity index is 1740. The van der Waals surface area contributed by atoms with Crippen LogP contribution in [-0.2, 0) is 18.5 Å². The summed E-state index contributed by atoms with van der Waals surface area (Å²) in [7, 11) is 0. The fourth-order valence-electron chi connectivity index (χ4n) is 5.39. The fraction of sp³-hybridized carbons (Fsp3) is 0.125. The van der Waals surface area contributed by atoms with Crippen LogP contribution in [0.15, 0.2) is 36.5 Å². The number of halogens is 9. The van der Waals surface area contributed by atoms with Crippen LogP contribution in [0, 0.1) is 0 Å². The van der Waals surface area contributed by atoms with Gasteiger partial charge in [-0.15, -0.1) is 0 Å². The average molecular weight is 507 g/mol. The molecular formula is C24H6F9N3. The Labute approximate surface area is 192 Å². The summed E-state index contributed by atoms with van der Waals surface area (Å²) in [6, 6.07) is 5.03. The van der Waals surface area contributed by atoms with Crippen molar-refractivity contribution in [3.8, 4) is 0 Å². The minimum absolute atomic E-state index is 0.00837. The van der Waals surface area contributed by atoms with Crippen LogP contribution in [0.1, 0.15) is 17.0 Å². The molecule has 0 N–H and O–H groups in total. The van der Waals surface area contributed by atoms with E-state index in [-0.39, 0.29) is 54.1 Å². The molecule has 4 aromatic carbocycles. The number of nitrogens with zero attached hydrogens (tertiary/aromatic N) is 3. The largest absolute Gasteiger partial charge is 0.435 e. The van der Waals surface area contributed by atoms with E-state index in [1.54, 1.807) is 0 Å². The van der Waals surface area contributed by atoms with E-state index in [1.807, 2.05) is 0 Å². The van der Waals surface area contributed by atoms with Gasteiger partial charge in [-0.2, -0.15) is 39.5 Å². The van der Waals surface area contributed by atoms with E-state index in [4.69, 9.17) is 0 Å². The molecule has 36 heavy (non-hydrogen) atoms. The van der Waals surface area contributed by atoms with Crippen LogP contribution >= 0.6 is 0 Å². The molecule has 7 aromatic rings. The number of benzene rings is 4. The quantitative estimate of drug-likeness (QED) is 0.118. The van der Waals surface area contributed by atoms with Gasteiger partial charge >= 0.3 is 18.5 Å². The maximum absolute atomic E-state index is 14.0. The first-order chi connectivity index (χ1) is 16.8. The standard InChI is InChI=1S/C24H6F9N3/c25-22(26,27)10-5-7-1-2-9-15-13(7)14-8(10)3-4-11-16(14)18-17(15)12(36-20(9)23(28,29)30)6-34-19(18)21(35-11)24(31,32)33/h1-6H. The number of alkyl halides is 9. The van der Waals surface area contributed by atoms with Crippen LogP contribution in [0.5, 0.6) is 0 Å². The lowest BCUT2D eigenvalue weighted by Crippen LogP contribution is -2.13. The Morgan fingerprint density at radius 3 is 1.81 bits per heavy atom. The highest BCUT2D eigenvalue weighted by atomic mass is 19.4. The Hall–Kier alpha value is -3.96. The SMILES string of the molecule is FC(F)(F)c1cc2ccc3c(C(F)(F)F)nc4cnc5c(C(F)(F)F)nc6ccc1c1c2c3c4c5c61. The van der Waals surface area contributed by atoms with Gasteiger partial charge in [0.25, 0.3) is 0 Å². The first kappa shape index (κ1) is 21.3. The van der Waals surface area contributed by atoms with E-state index in [2.05, 4.69) is 15.0 Å². The van der Waals surface area contributed by atoms with E-state index in [0.717, 1.165) is 36.5 Å². The molecule has 180 valence electrons. The lowest BCUT2D eigenvalue weighted by Gasteiger charge is -2.23. The van der Waals surface area contributed by atoms with E-state index >= 15 is 0 Å². The molecule has 0 bridgehead atoms. The van der Waals surface area contributed by atoms with Gasteiger partial charge in [0.15, 0.2) is 11.4 Å². The monoisotopic (exact) mass is 507 g/mol. The Kier molecular flexibility index (Phi) is 3.59. The van der Waals surface area contributed by atoms with Crippen molar-refractivity contribution in [2.24, 2.45) is 0 Å². The minimum atomic E-state index is -4.98. The zero-order valence-electron chi connectivity index (χ0n) is 17.2. The lowest BCUT2D eigenvalue weighted by molar-refractivity contribution is -0.140. The molecule has 3 heterocycles. The molecule has 0 fully saturated rings. The van der Waals surface area contributed by atoms with Gasteiger partial charge in [0.1, 0.15) is 5.52 Å². The highest BCUT2D eigenvalue weighted by Gasteiger charge is 2.41. The van der Waals surface area contributed by atoms with Crippen molar-refractivity contribution in [3.63, 3.8) is 0 Å². The van der Waals surface area contributed by atoms with Crippen LogP contribution in [0.2, 0.25) is 0 Å². The molecule has 0 saturated carbocycles. The van der Waals surface area contributed by atoms with Gasteiger partial charge in [0.05, 0.1) is 22.8 Å². The summed E-state index contributed by atoms with van der Waals surface area (Å²) in [6.45, 7) is 0. The normalized spacial score (nSPS) is 14.2. The second-order valence-electron chi connectivity index (χ2n) is 8.55. The second-order valence-corrected chi connectivity index (χ2v) is 8.55. The molecule has 0 radical (unpaired) electrons. The Balaban J connectivity index is 1.91. The molecule has 3 nitrogen and oxygen atoms in total. The molecule has 7 rings (SSSR count). The molecular weight excluding hydrogens is 501 g/mol.